The minimum Gasteiger partial charge on any atom is -0.691 e. The highest BCUT2D eigenvalue weighted by molar-refractivity contribution is 7.94. The molecule has 0 amide bonds. The summed E-state index contributed by atoms with van der Waals surface area (Å²) in [5, 5.41) is 13.2. The third kappa shape index (κ3) is 1.46. The molecule has 2 unspecified atom stereocenters. The van der Waals surface area contributed by atoms with Gasteiger partial charge < -0.3 is 5.26 Å². The Morgan fingerprint density at radius 3 is 2.80 bits per heavy atom. The highest BCUT2D eigenvalue weighted by atomic mass is 32.2. The first-order valence-corrected chi connectivity index (χ1v) is 6.22. The normalized spacial score (nSPS) is 37.5. The molecule has 0 aromatic carbocycles. The summed E-state index contributed by atoms with van der Waals surface area (Å²) in [5.74, 6) is 1.52. The van der Waals surface area contributed by atoms with E-state index in [0.717, 1.165) is 30.1 Å². The van der Waals surface area contributed by atoms with E-state index in [1.165, 1.54) is 18.4 Å². The highest BCUT2D eigenvalue weighted by Gasteiger charge is 2.60. The van der Waals surface area contributed by atoms with Crippen LogP contribution in [0.15, 0.2) is 12.2 Å². The van der Waals surface area contributed by atoms with Crippen LogP contribution in [-0.2, 0) is 9.37 Å². The van der Waals surface area contributed by atoms with Gasteiger partial charge in [-0.2, -0.15) is 4.33 Å². The van der Waals surface area contributed by atoms with Gasteiger partial charge in [0.2, 0.25) is 0 Å². The molecule has 2 rings (SSSR count). The van der Waals surface area contributed by atoms with Gasteiger partial charge in [-0.25, -0.2) is 0 Å². The average Bonchev–Trinajstić information content (AvgIpc) is 2.52. The van der Waals surface area contributed by atoms with E-state index < -0.39 is 0 Å². The summed E-state index contributed by atoms with van der Waals surface area (Å²) in [7, 11) is 0. The molecule has 0 spiro atoms. The van der Waals surface area contributed by atoms with E-state index in [9.17, 15) is 5.26 Å². The Bertz CT molecular complexity index is 277. The maximum atomic E-state index is 9.78. The van der Waals surface area contributed by atoms with E-state index in [4.69, 9.17) is 0 Å². The van der Waals surface area contributed by atoms with E-state index in [1.807, 2.05) is 0 Å². The molecule has 0 aromatic rings. The summed E-state index contributed by atoms with van der Waals surface area (Å²) >= 11 is 1.11. The van der Waals surface area contributed by atoms with Crippen LogP contribution in [0, 0.1) is 16.7 Å². The molecule has 0 radical (unpaired) electrons. The topological polar surface area (TPSA) is 41.5 Å². The van der Waals surface area contributed by atoms with Crippen molar-refractivity contribution in [2.75, 3.05) is 5.75 Å². The van der Waals surface area contributed by atoms with Crippen molar-refractivity contribution in [2.24, 2.45) is 16.7 Å². The molecule has 86 valence electrons. The SMILES string of the molecule is C=C1CC2CCC1(CSOO[O-])C2(C)C. The first kappa shape index (κ1) is 11.5. The lowest BCUT2D eigenvalue weighted by atomic mass is 9.69. The Kier molecular flexibility index (Phi) is 2.88. The van der Waals surface area contributed by atoms with Gasteiger partial charge in [0.25, 0.3) is 0 Å². The second-order valence-electron chi connectivity index (χ2n) is 5.25. The van der Waals surface area contributed by atoms with Crippen molar-refractivity contribution in [1.29, 1.82) is 0 Å². The summed E-state index contributed by atoms with van der Waals surface area (Å²) in [6.07, 6.45) is 3.56. The number of allylic oxidation sites excluding steroid dienone is 1. The van der Waals surface area contributed by atoms with Gasteiger partial charge in [0.15, 0.2) is 0 Å². The first-order chi connectivity index (χ1) is 7.04. The Hall–Kier alpha value is -0.0300. The Labute approximate surface area is 94.9 Å². The molecule has 2 aliphatic rings. The summed E-state index contributed by atoms with van der Waals surface area (Å²) in [6, 6.07) is 0. The predicted octanol–water partition coefficient (Wildman–Crippen LogP) is 2.24. The van der Waals surface area contributed by atoms with Crippen LogP contribution < -0.4 is 5.26 Å². The monoisotopic (exact) mass is 229 g/mol. The summed E-state index contributed by atoms with van der Waals surface area (Å²) in [5.41, 5.74) is 1.75. The van der Waals surface area contributed by atoms with Crippen LogP contribution in [0.1, 0.15) is 33.1 Å². The highest BCUT2D eigenvalue weighted by Crippen LogP contribution is 2.68. The standard InChI is InChI=1S/C11H18O3S/c1-8-6-9-4-5-11(8,10(9,2)3)7-15-14-13-12/h9,12H,1,4-7H2,2-3H3/p-1. The van der Waals surface area contributed by atoms with Crippen LogP contribution in [0.2, 0.25) is 0 Å². The first-order valence-electron chi connectivity index (χ1n) is 5.31. The fourth-order valence-electron chi connectivity index (χ4n) is 3.48. The van der Waals surface area contributed by atoms with Gasteiger partial charge in [-0.05, 0) is 30.6 Å². The fraction of sp³-hybridized carbons (Fsp3) is 0.818. The Morgan fingerprint density at radius 1 is 1.60 bits per heavy atom. The molecule has 2 aliphatic carbocycles. The van der Waals surface area contributed by atoms with Crippen molar-refractivity contribution < 1.29 is 14.6 Å². The van der Waals surface area contributed by atoms with Crippen LogP contribution in [0.5, 0.6) is 0 Å². The second-order valence-corrected chi connectivity index (χ2v) is 5.91. The van der Waals surface area contributed by atoms with Crippen molar-refractivity contribution in [3.63, 3.8) is 0 Å². The minimum absolute atomic E-state index is 0.140. The molecular formula is C11H17O3S-. The van der Waals surface area contributed by atoms with Crippen molar-refractivity contribution in [2.45, 2.75) is 33.1 Å². The van der Waals surface area contributed by atoms with Crippen LogP contribution in [0.3, 0.4) is 0 Å². The third-order valence-corrected chi connectivity index (χ3v) is 5.49. The van der Waals surface area contributed by atoms with E-state index in [1.54, 1.807) is 0 Å². The van der Waals surface area contributed by atoms with Crippen molar-refractivity contribution in [1.82, 2.24) is 0 Å². The van der Waals surface area contributed by atoms with Gasteiger partial charge in [-0.3, -0.25) is 5.04 Å². The molecule has 2 atom stereocenters. The summed E-state index contributed by atoms with van der Waals surface area (Å²) < 4.78 is 4.40. The van der Waals surface area contributed by atoms with Gasteiger partial charge in [0.1, 0.15) is 0 Å². The third-order valence-electron chi connectivity index (χ3n) is 4.72. The zero-order valence-corrected chi connectivity index (χ0v) is 10.1. The maximum absolute atomic E-state index is 9.78. The molecule has 4 heteroatoms. The second kappa shape index (κ2) is 3.77. The number of rotatable bonds is 4. The predicted molar refractivity (Wildman–Crippen MR) is 57.3 cm³/mol. The number of fused-ring (bicyclic) bond motifs is 2. The molecule has 2 fully saturated rings. The molecule has 2 saturated carbocycles. The Morgan fingerprint density at radius 2 is 2.33 bits per heavy atom. The van der Waals surface area contributed by atoms with Crippen LogP contribution in [0.25, 0.3) is 0 Å². The van der Waals surface area contributed by atoms with E-state index in [0.29, 0.717) is 0 Å². The quantitative estimate of drug-likeness (QED) is 0.244. The number of hydrogen-bond donors (Lipinski definition) is 0. The van der Waals surface area contributed by atoms with E-state index >= 15 is 0 Å². The maximum Gasteiger partial charge on any atom is 0.0328 e. The van der Waals surface area contributed by atoms with E-state index in [2.05, 4.69) is 29.8 Å². The largest absolute Gasteiger partial charge is 0.691 e. The zero-order chi connectivity index (χ0) is 11.1. The lowest BCUT2D eigenvalue weighted by molar-refractivity contribution is -0.777. The van der Waals surface area contributed by atoms with Gasteiger partial charge in [0.05, 0.1) is 0 Å². The molecule has 15 heavy (non-hydrogen) atoms. The van der Waals surface area contributed by atoms with Crippen molar-refractivity contribution in [3.05, 3.63) is 12.2 Å². The van der Waals surface area contributed by atoms with Crippen molar-refractivity contribution in [3.8, 4) is 0 Å². The minimum atomic E-state index is 0.140. The van der Waals surface area contributed by atoms with Gasteiger partial charge in [0, 0.05) is 23.2 Å². The summed E-state index contributed by atoms with van der Waals surface area (Å²) in [4.78, 5) is 0. The molecule has 0 heterocycles. The average molecular weight is 229 g/mol. The molecular weight excluding hydrogens is 212 g/mol. The van der Waals surface area contributed by atoms with E-state index in [-0.39, 0.29) is 10.8 Å². The zero-order valence-electron chi connectivity index (χ0n) is 9.25. The lowest BCUT2D eigenvalue weighted by Gasteiger charge is -2.38. The number of hydrogen-bond acceptors (Lipinski definition) is 4. The molecule has 0 aromatic heterocycles. The Balaban J connectivity index is 2.13. The molecule has 0 aliphatic heterocycles. The van der Waals surface area contributed by atoms with Gasteiger partial charge in [-0.15, -0.1) is 0 Å². The van der Waals surface area contributed by atoms with Gasteiger partial charge >= 0.3 is 0 Å². The smallest absolute Gasteiger partial charge is 0.0328 e. The van der Waals surface area contributed by atoms with Crippen molar-refractivity contribution >= 4 is 12.0 Å². The van der Waals surface area contributed by atoms with Crippen LogP contribution in [0.4, 0.5) is 0 Å². The molecule has 3 nitrogen and oxygen atoms in total. The molecule has 0 N–H and O–H groups in total. The molecule has 0 saturated heterocycles. The van der Waals surface area contributed by atoms with Crippen LogP contribution >= 0.6 is 12.0 Å². The fourth-order valence-corrected chi connectivity index (χ4v) is 4.49. The van der Waals surface area contributed by atoms with Crippen LogP contribution in [-0.4, -0.2) is 5.75 Å². The molecule has 2 bridgehead atoms. The lowest BCUT2D eigenvalue weighted by Crippen LogP contribution is -2.33. The summed E-state index contributed by atoms with van der Waals surface area (Å²) in [6.45, 7) is 8.81. The van der Waals surface area contributed by atoms with Gasteiger partial charge in [-0.1, -0.05) is 26.0 Å².